The first kappa shape index (κ1) is 19.5. The molecule has 1 fully saturated rings. The van der Waals surface area contributed by atoms with E-state index in [9.17, 15) is 9.59 Å². The molecule has 0 bridgehead atoms. The van der Waals surface area contributed by atoms with Crippen molar-refractivity contribution in [2.45, 2.75) is 13.0 Å². The highest BCUT2D eigenvalue weighted by atomic mass is 35.5. The van der Waals surface area contributed by atoms with Crippen LogP contribution in [0.25, 0.3) is 0 Å². The predicted octanol–water partition coefficient (Wildman–Crippen LogP) is 3.89. The van der Waals surface area contributed by atoms with Crippen LogP contribution < -0.4 is 4.90 Å². The number of hydrogen-bond donors (Lipinski definition) is 0. The van der Waals surface area contributed by atoms with Crippen molar-refractivity contribution in [1.29, 1.82) is 0 Å². The maximum atomic E-state index is 12.6. The van der Waals surface area contributed by atoms with Crippen LogP contribution in [-0.4, -0.2) is 49.1 Å². The molecule has 0 radical (unpaired) electrons. The molecule has 0 saturated carbocycles. The van der Waals surface area contributed by atoms with Crippen LogP contribution in [-0.2, 0) is 9.53 Å². The minimum Gasteiger partial charge on any atom is -0.449 e. The zero-order valence-electron chi connectivity index (χ0n) is 14.9. The van der Waals surface area contributed by atoms with E-state index in [0.717, 1.165) is 18.8 Å². The van der Waals surface area contributed by atoms with E-state index in [1.807, 2.05) is 18.2 Å². The van der Waals surface area contributed by atoms with Crippen molar-refractivity contribution in [3.8, 4) is 0 Å². The minimum atomic E-state index is -0.909. The number of nitrogens with zero attached hydrogens (tertiary/aromatic N) is 2. The van der Waals surface area contributed by atoms with Gasteiger partial charge in [0.2, 0.25) is 0 Å². The smallest absolute Gasteiger partial charge is 0.341 e. The zero-order valence-corrected chi connectivity index (χ0v) is 16.4. The van der Waals surface area contributed by atoms with Gasteiger partial charge in [-0.15, -0.1) is 0 Å². The molecule has 1 aliphatic heterocycles. The molecular formula is C20H20Cl2N2O3. The van der Waals surface area contributed by atoms with Crippen LogP contribution in [0.1, 0.15) is 17.3 Å². The van der Waals surface area contributed by atoms with Gasteiger partial charge in [0.1, 0.15) is 0 Å². The summed E-state index contributed by atoms with van der Waals surface area (Å²) in [5.41, 5.74) is 1.21. The van der Waals surface area contributed by atoms with E-state index in [4.69, 9.17) is 27.9 Å². The molecule has 1 aliphatic rings. The first-order valence-corrected chi connectivity index (χ1v) is 9.46. The number of para-hydroxylation sites is 1. The minimum absolute atomic E-state index is 0.0781. The van der Waals surface area contributed by atoms with E-state index in [-0.39, 0.29) is 21.5 Å². The maximum absolute atomic E-state index is 12.6. The fourth-order valence-electron chi connectivity index (χ4n) is 3.04. The molecule has 2 aromatic carbocycles. The number of benzene rings is 2. The topological polar surface area (TPSA) is 49.9 Å². The Kier molecular flexibility index (Phi) is 6.24. The number of hydrogen-bond acceptors (Lipinski definition) is 4. The predicted molar refractivity (Wildman–Crippen MR) is 107 cm³/mol. The Morgan fingerprint density at radius 1 is 0.926 bits per heavy atom. The number of halogens is 2. The Balaban J connectivity index is 1.57. The Morgan fingerprint density at radius 3 is 2.11 bits per heavy atom. The molecule has 5 nitrogen and oxygen atoms in total. The molecule has 0 spiro atoms. The lowest BCUT2D eigenvalue weighted by Gasteiger charge is -2.37. The summed E-state index contributed by atoms with van der Waals surface area (Å²) in [5, 5.41) is 0.396. The highest BCUT2D eigenvalue weighted by Crippen LogP contribution is 2.25. The second-order valence-electron chi connectivity index (χ2n) is 6.29. The van der Waals surface area contributed by atoms with Gasteiger partial charge >= 0.3 is 5.97 Å². The first-order valence-electron chi connectivity index (χ1n) is 8.71. The lowest BCUT2D eigenvalue weighted by atomic mass is 10.2. The molecule has 1 unspecified atom stereocenters. The fraction of sp³-hybridized carbons (Fsp3) is 0.300. The molecule has 27 heavy (non-hydrogen) atoms. The van der Waals surface area contributed by atoms with E-state index in [2.05, 4.69) is 17.0 Å². The number of esters is 1. The van der Waals surface area contributed by atoms with Gasteiger partial charge in [0.25, 0.3) is 5.91 Å². The van der Waals surface area contributed by atoms with Gasteiger partial charge < -0.3 is 14.5 Å². The maximum Gasteiger partial charge on any atom is 0.341 e. The quantitative estimate of drug-likeness (QED) is 0.722. The van der Waals surface area contributed by atoms with Crippen molar-refractivity contribution in [2.75, 3.05) is 31.1 Å². The van der Waals surface area contributed by atoms with Gasteiger partial charge in [0.05, 0.1) is 15.6 Å². The molecule has 2 aromatic rings. The van der Waals surface area contributed by atoms with Crippen LogP contribution in [0.5, 0.6) is 0 Å². The number of amides is 1. The summed E-state index contributed by atoms with van der Waals surface area (Å²) in [6.07, 6.45) is -0.909. The summed E-state index contributed by atoms with van der Waals surface area (Å²) < 4.78 is 5.31. The van der Waals surface area contributed by atoms with Gasteiger partial charge in [0, 0.05) is 31.9 Å². The van der Waals surface area contributed by atoms with Crippen molar-refractivity contribution < 1.29 is 14.3 Å². The molecule has 1 heterocycles. The SMILES string of the molecule is CC(OC(=O)c1c(Cl)cccc1Cl)C(=O)N1CCN(c2ccccc2)CC1. The average Bonchev–Trinajstić information content (AvgIpc) is 2.68. The zero-order chi connectivity index (χ0) is 19.4. The number of carbonyl (C=O) groups is 2. The number of ether oxygens (including phenoxy) is 1. The van der Waals surface area contributed by atoms with Gasteiger partial charge in [0.15, 0.2) is 6.10 Å². The Morgan fingerprint density at radius 2 is 1.52 bits per heavy atom. The number of carbonyl (C=O) groups excluding carboxylic acids is 2. The second kappa shape index (κ2) is 8.63. The molecule has 1 saturated heterocycles. The Labute approximate surface area is 168 Å². The molecule has 1 amide bonds. The molecular weight excluding hydrogens is 387 g/mol. The highest BCUT2D eigenvalue weighted by Gasteiger charge is 2.28. The third-order valence-corrected chi connectivity index (χ3v) is 5.14. The van der Waals surface area contributed by atoms with Crippen LogP contribution in [0.4, 0.5) is 5.69 Å². The fourth-order valence-corrected chi connectivity index (χ4v) is 3.60. The highest BCUT2D eigenvalue weighted by molar-refractivity contribution is 6.39. The van der Waals surface area contributed by atoms with Crippen LogP contribution in [0, 0.1) is 0 Å². The number of rotatable bonds is 4. The average molecular weight is 407 g/mol. The summed E-state index contributed by atoms with van der Waals surface area (Å²) in [6, 6.07) is 14.8. The van der Waals surface area contributed by atoms with Crippen molar-refractivity contribution in [3.05, 3.63) is 64.1 Å². The summed E-state index contributed by atoms with van der Waals surface area (Å²) in [7, 11) is 0. The molecule has 3 rings (SSSR count). The summed E-state index contributed by atoms with van der Waals surface area (Å²) >= 11 is 12.0. The van der Waals surface area contributed by atoms with Gasteiger partial charge in [-0.25, -0.2) is 4.79 Å². The Hall–Kier alpha value is -2.24. The standard InChI is InChI=1S/C20H20Cl2N2O3/c1-14(27-20(26)18-16(21)8-5-9-17(18)22)19(25)24-12-10-23(11-13-24)15-6-3-2-4-7-15/h2-9,14H,10-13H2,1H3. The van der Waals surface area contributed by atoms with Crippen LogP contribution >= 0.6 is 23.2 Å². The van der Waals surface area contributed by atoms with Crippen LogP contribution in [0.2, 0.25) is 10.0 Å². The molecule has 7 heteroatoms. The third kappa shape index (κ3) is 4.54. The largest absolute Gasteiger partial charge is 0.449 e. The first-order chi connectivity index (χ1) is 13.0. The van der Waals surface area contributed by atoms with Crippen molar-refractivity contribution in [2.24, 2.45) is 0 Å². The van der Waals surface area contributed by atoms with E-state index < -0.39 is 12.1 Å². The summed E-state index contributed by atoms with van der Waals surface area (Å²) in [4.78, 5) is 28.9. The number of piperazine rings is 1. The summed E-state index contributed by atoms with van der Waals surface area (Å²) in [6.45, 7) is 4.17. The normalized spacial score (nSPS) is 15.4. The van der Waals surface area contributed by atoms with Crippen molar-refractivity contribution in [1.82, 2.24) is 4.90 Å². The number of anilines is 1. The van der Waals surface area contributed by atoms with Crippen molar-refractivity contribution in [3.63, 3.8) is 0 Å². The van der Waals surface area contributed by atoms with Crippen LogP contribution in [0.3, 0.4) is 0 Å². The Bertz CT molecular complexity index is 801. The lowest BCUT2D eigenvalue weighted by molar-refractivity contribution is -0.140. The van der Waals surface area contributed by atoms with Crippen molar-refractivity contribution >= 4 is 40.8 Å². The second-order valence-corrected chi connectivity index (χ2v) is 7.11. The van der Waals surface area contributed by atoms with Gasteiger partial charge in [-0.3, -0.25) is 4.79 Å². The molecule has 142 valence electrons. The third-order valence-electron chi connectivity index (χ3n) is 4.51. The summed E-state index contributed by atoms with van der Waals surface area (Å²) in [5.74, 6) is -0.923. The van der Waals surface area contributed by atoms with Gasteiger partial charge in [-0.1, -0.05) is 47.5 Å². The van der Waals surface area contributed by atoms with Gasteiger partial charge in [-0.2, -0.15) is 0 Å². The van der Waals surface area contributed by atoms with E-state index in [1.54, 1.807) is 30.0 Å². The monoisotopic (exact) mass is 406 g/mol. The van der Waals surface area contributed by atoms with E-state index in [0.29, 0.717) is 13.1 Å². The van der Waals surface area contributed by atoms with Gasteiger partial charge in [-0.05, 0) is 31.2 Å². The molecule has 0 aliphatic carbocycles. The molecule has 0 aromatic heterocycles. The lowest BCUT2D eigenvalue weighted by Crippen LogP contribution is -2.51. The van der Waals surface area contributed by atoms with E-state index >= 15 is 0 Å². The molecule has 1 atom stereocenters. The van der Waals surface area contributed by atoms with E-state index in [1.165, 1.54) is 0 Å². The van der Waals surface area contributed by atoms with Crippen LogP contribution in [0.15, 0.2) is 48.5 Å². The molecule has 0 N–H and O–H groups in total.